The molecule has 1 aliphatic carbocycles. The van der Waals surface area contributed by atoms with Gasteiger partial charge in [0.15, 0.2) is 5.96 Å². The van der Waals surface area contributed by atoms with Crippen LogP contribution < -0.4 is 10.6 Å². The summed E-state index contributed by atoms with van der Waals surface area (Å²) < 4.78 is 0. The van der Waals surface area contributed by atoms with Gasteiger partial charge >= 0.3 is 0 Å². The van der Waals surface area contributed by atoms with Crippen LogP contribution in [0.15, 0.2) is 23.2 Å². The molecule has 0 saturated heterocycles. The second-order valence-corrected chi connectivity index (χ2v) is 7.79. The summed E-state index contributed by atoms with van der Waals surface area (Å²) in [6.07, 6.45) is 5.11. The summed E-state index contributed by atoms with van der Waals surface area (Å²) in [6, 6.07) is 6.66. The van der Waals surface area contributed by atoms with Crippen molar-refractivity contribution in [3.05, 3.63) is 34.9 Å². The Hall–Kier alpha value is -2.04. The van der Waals surface area contributed by atoms with E-state index in [4.69, 9.17) is 0 Å². The highest BCUT2D eigenvalue weighted by Gasteiger charge is 2.42. The molecule has 2 N–H and O–H groups in total. The van der Waals surface area contributed by atoms with Gasteiger partial charge < -0.3 is 15.5 Å². The van der Waals surface area contributed by atoms with E-state index in [1.807, 2.05) is 14.1 Å². The molecule has 26 heavy (non-hydrogen) atoms. The topological polar surface area (TPSA) is 56.7 Å². The first-order valence-electron chi connectivity index (χ1n) is 9.60. The Labute approximate surface area is 158 Å². The molecule has 144 valence electrons. The number of hydrogen-bond donors (Lipinski definition) is 2. The van der Waals surface area contributed by atoms with Gasteiger partial charge in [0.2, 0.25) is 5.91 Å². The fourth-order valence-electron chi connectivity index (χ4n) is 4.00. The van der Waals surface area contributed by atoms with Gasteiger partial charge in [-0.1, -0.05) is 42.2 Å². The van der Waals surface area contributed by atoms with Gasteiger partial charge in [0, 0.05) is 34.2 Å². The first-order valence-corrected chi connectivity index (χ1v) is 9.60. The lowest BCUT2D eigenvalue weighted by atomic mass is 9.84. The average Bonchev–Trinajstić information content (AvgIpc) is 3.06. The number of nitrogens with zero attached hydrogens (tertiary/aromatic N) is 2. The maximum Gasteiger partial charge on any atom is 0.230 e. The van der Waals surface area contributed by atoms with E-state index in [1.54, 1.807) is 11.9 Å². The normalized spacial score (nSPS) is 16.4. The molecule has 1 saturated carbocycles. The van der Waals surface area contributed by atoms with E-state index in [9.17, 15) is 4.79 Å². The summed E-state index contributed by atoms with van der Waals surface area (Å²) in [5.41, 5.74) is 3.65. The maximum atomic E-state index is 12.7. The lowest BCUT2D eigenvalue weighted by Gasteiger charge is -2.31. The van der Waals surface area contributed by atoms with Gasteiger partial charge in [-0.15, -0.1) is 0 Å². The van der Waals surface area contributed by atoms with E-state index in [0.717, 1.165) is 44.6 Å². The zero-order valence-corrected chi connectivity index (χ0v) is 17.0. The largest absolute Gasteiger partial charge is 0.356 e. The van der Waals surface area contributed by atoms with E-state index in [0.29, 0.717) is 6.54 Å². The van der Waals surface area contributed by atoms with Crippen LogP contribution in [0.1, 0.15) is 42.4 Å². The maximum absolute atomic E-state index is 12.7. The summed E-state index contributed by atoms with van der Waals surface area (Å²) in [6.45, 7) is 5.73. The number of hydrogen-bond acceptors (Lipinski definition) is 2. The fourth-order valence-corrected chi connectivity index (χ4v) is 4.00. The van der Waals surface area contributed by atoms with Crippen LogP contribution in [0.3, 0.4) is 0 Å². The van der Waals surface area contributed by atoms with Gasteiger partial charge in [0.25, 0.3) is 0 Å². The Morgan fingerprint density at radius 2 is 1.73 bits per heavy atom. The SMILES string of the molecule is CN=C(NCCc1cc(C)cc(C)c1)NCC1(C(=O)N(C)C)CCCC1. The van der Waals surface area contributed by atoms with Crippen molar-refractivity contribution in [3.63, 3.8) is 0 Å². The van der Waals surface area contributed by atoms with Crippen LogP contribution in [0.25, 0.3) is 0 Å². The van der Waals surface area contributed by atoms with Crippen LogP contribution in [0.2, 0.25) is 0 Å². The molecule has 0 unspecified atom stereocenters. The Morgan fingerprint density at radius 3 is 2.27 bits per heavy atom. The number of nitrogens with one attached hydrogen (secondary N) is 2. The Kier molecular flexibility index (Phi) is 7.06. The van der Waals surface area contributed by atoms with Crippen molar-refractivity contribution in [1.29, 1.82) is 0 Å². The molecule has 0 bridgehead atoms. The fraction of sp³-hybridized carbons (Fsp3) is 0.619. The quantitative estimate of drug-likeness (QED) is 0.607. The minimum absolute atomic E-state index is 0.230. The summed E-state index contributed by atoms with van der Waals surface area (Å²) in [4.78, 5) is 18.7. The van der Waals surface area contributed by atoms with Gasteiger partial charge in [0.1, 0.15) is 0 Å². The lowest BCUT2D eigenvalue weighted by molar-refractivity contribution is -0.138. The Morgan fingerprint density at radius 1 is 1.12 bits per heavy atom. The Bertz CT molecular complexity index is 625. The third kappa shape index (κ3) is 5.23. The molecule has 2 rings (SSSR count). The standard InChI is InChI=1S/C21H34N4O/c1-16-12-17(2)14-18(13-16)8-11-23-20(22-3)24-15-21(9-6-7-10-21)19(26)25(4)5/h12-14H,6-11,15H2,1-5H3,(H2,22,23,24). The third-order valence-electron chi connectivity index (χ3n) is 5.23. The van der Waals surface area contributed by atoms with Crippen molar-refractivity contribution >= 4 is 11.9 Å². The van der Waals surface area contributed by atoms with Gasteiger partial charge in [-0.2, -0.15) is 0 Å². The molecule has 0 atom stereocenters. The molecule has 1 aromatic carbocycles. The number of aliphatic imine (C=N–C) groups is 1. The monoisotopic (exact) mass is 358 g/mol. The number of guanidine groups is 1. The second kappa shape index (κ2) is 9.06. The first kappa shape index (κ1) is 20.3. The van der Waals surface area contributed by atoms with Crippen molar-refractivity contribution in [2.75, 3.05) is 34.2 Å². The highest BCUT2D eigenvalue weighted by atomic mass is 16.2. The predicted molar refractivity (Wildman–Crippen MR) is 109 cm³/mol. The summed E-state index contributed by atoms with van der Waals surface area (Å²) in [7, 11) is 5.47. The molecule has 1 aliphatic rings. The second-order valence-electron chi connectivity index (χ2n) is 7.79. The molecule has 0 aromatic heterocycles. The molecular weight excluding hydrogens is 324 g/mol. The molecule has 0 spiro atoms. The number of benzene rings is 1. The minimum atomic E-state index is -0.283. The zero-order chi connectivity index (χ0) is 19.2. The summed E-state index contributed by atoms with van der Waals surface area (Å²) >= 11 is 0. The number of carbonyl (C=O) groups is 1. The predicted octanol–water partition coefficient (Wildman–Crippen LogP) is 2.66. The Balaban J connectivity index is 1.88. The lowest BCUT2D eigenvalue weighted by Crippen LogP contribution is -2.49. The molecule has 1 amide bonds. The van der Waals surface area contributed by atoms with Crippen LogP contribution in [0.4, 0.5) is 0 Å². The molecule has 1 aromatic rings. The van der Waals surface area contributed by atoms with Gasteiger partial charge in [-0.05, 0) is 38.7 Å². The number of rotatable bonds is 6. The van der Waals surface area contributed by atoms with E-state index < -0.39 is 0 Å². The summed E-state index contributed by atoms with van der Waals surface area (Å²) in [5, 5.41) is 6.77. The van der Waals surface area contributed by atoms with Crippen molar-refractivity contribution in [3.8, 4) is 0 Å². The van der Waals surface area contributed by atoms with Crippen LogP contribution >= 0.6 is 0 Å². The minimum Gasteiger partial charge on any atom is -0.356 e. The molecule has 0 radical (unpaired) electrons. The highest BCUT2D eigenvalue weighted by molar-refractivity contribution is 5.85. The van der Waals surface area contributed by atoms with E-state index in [-0.39, 0.29) is 11.3 Å². The third-order valence-corrected chi connectivity index (χ3v) is 5.23. The molecule has 5 nitrogen and oxygen atoms in total. The van der Waals surface area contributed by atoms with E-state index >= 15 is 0 Å². The molecule has 5 heteroatoms. The first-order chi connectivity index (χ1) is 12.4. The molecule has 1 fully saturated rings. The van der Waals surface area contributed by atoms with Crippen molar-refractivity contribution < 1.29 is 4.79 Å². The highest BCUT2D eigenvalue weighted by Crippen LogP contribution is 2.38. The van der Waals surface area contributed by atoms with Gasteiger partial charge in [-0.25, -0.2) is 0 Å². The smallest absolute Gasteiger partial charge is 0.230 e. The molecule has 0 heterocycles. The number of aryl methyl sites for hydroxylation is 2. The number of amides is 1. The van der Waals surface area contributed by atoms with Gasteiger partial charge in [0.05, 0.1) is 5.41 Å². The molecule has 0 aliphatic heterocycles. The zero-order valence-electron chi connectivity index (χ0n) is 17.0. The summed E-state index contributed by atoms with van der Waals surface area (Å²) in [5.74, 6) is 1.00. The van der Waals surface area contributed by atoms with Crippen molar-refractivity contribution in [1.82, 2.24) is 15.5 Å². The van der Waals surface area contributed by atoms with E-state index in [2.05, 4.69) is 47.7 Å². The number of carbonyl (C=O) groups excluding carboxylic acids is 1. The van der Waals surface area contributed by atoms with Crippen molar-refractivity contribution in [2.45, 2.75) is 46.0 Å². The molecular formula is C21H34N4O. The van der Waals surface area contributed by atoms with E-state index in [1.165, 1.54) is 16.7 Å². The average molecular weight is 359 g/mol. The van der Waals surface area contributed by atoms with Crippen LogP contribution in [0.5, 0.6) is 0 Å². The van der Waals surface area contributed by atoms with Crippen LogP contribution in [0, 0.1) is 19.3 Å². The van der Waals surface area contributed by atoms with Crippen LogP contribution in [-0.4, -0.2) is 51.0 Å². The van der Waals surface area contributed by atoms with Gasteiger partial charge in [-0.3, -0.25) is 9.79 Å². The van der Waals surface area contributed by atoms with Crippen molar-refractivity contribution in [2.24, 2.45) is 10.4 Å². The van der Waals surface area contributed by atoms with Crippen LogP contribution in [-0.2, 0) is 11.2 Å².